The van der Waals surface area contributed by atoms with E-state index in [0.717, 1.165) is 49.2 Å². The summed E-state index contributed by atoms with van der Waals surface area (Å²) in [7, 11) is 0. The van der Waals surface area contributed by atoms with E-state index in [9.17, 15) is 19.8 Å². The van der Waals surface area contributed by atoms with E-state index >= 15 is 0 Å². The molecule has 4 rings (SSSR count). The smallest absolute Gasteiger partial charge is 0.869 e. The van der Waals surface area contributed by atoms with Crippen LogP contribution in [0.2, 0.25) is 0 Å². The molecular weight excluding hydrogens is 899 g/mol. The molecule has 0 aromatic heterocycles. The number of carboxylic acids is 2. The molecule has 10 nitrogen and oxygen atoms in total. The number of benzene rings is 4. The molecule has 11 heteroatoms. The van der Waals surface area contributed by atoms with Crippen molar-refractivity contribution in [2.75, 3.05) is 0 Å². The summed E-state index contributed by atoms with van der Waals surface area (Å²) in [4.78, 5) is 31.6. The standard InChI is InChI=1S/C39H62N2.2C9H10O4.Ni/c1-6-11-16-21-33-26-34(22-17-12-7-2)29-38(28-33)40-32-37(25-20-15-10-5)41-39-30-35(23-18-13-8-3)27-36(31-39)24-19-14-9-4;2*1-2-5-3-4-6(10)8(11)7(5)9(12)13;/h26-32H,6-25H2,1-5H3;2*3-4,10-11H,2H2,1H3,(H,12,13);/q;;;+2/p-2. The molecule has 0 amide bonds. The largest absolute Gasteiger partial charge is 2.00 e. The van der Waals surface area contributed by atoms with Gasteiger partial charge in [0.2, 0.25) is 0 Å². The fourth-order valence-electron chi connectivity index (χ4n) is 7.82. The summed E-state index contributed by atoms with van der Waals surface area (Å²) in [6.45, 7) is 14.9. The third-order valence-corrected chi connectivity index (χ3v) is 11.7. The van der Waals surface area contributed by atoms with Gasteiger partial charge in [0, 0.05) is 6.21 Å². The monoisotopic (exact) mass is 979 g/mol. The van der Waals surface area contributed by atoms with Crippen molar-refractivity contribution in [3.8, 4) is 23.0 Å². The average Bonchev–Trinajstić information content (AvgIpc) is 3.30. The second-order valence-electron chi connectivity index (χ2n) is 17.4. The Morgan fingerprint density at radius 1 is 0.500 bits per heavy atom. The Hall–Kier alpha value is -5.15. The van der Waals surface area contributed by atoms with Crippen LogP contribution in [0.25, 0.3) is 0 Å². The maximum Gasteiger partial charge on any atom is 2.00 e. The van der Waals surface area contributed by atoms with Crippen LogP contribution in [0.5, 0.6) is 23.0 Å². The summed E-state index contributed by atoms with van der Waals surface area (Å²) in [6.07, 6.45) is 27.5. The molecule has 0 radical (unpaired) electrons. The molecule has 0 aliphatic carbocycles. The minimum Gasteiger partial charge on any atom is -0.869 e. The number of aromatic hydroxyl groups is 2. The van der Waals surface area contributed by atoms with E-state index in [4.69, 9.17) is 30.4 Å². The van der Waals surface area contributed by atoms with E-state index in [-0.39, 0.29) is 27.6 Å². The normalized spacial score (nSPS) is 11.1. The zero-order valence-electron chi connectivity index (χ0n) is 42.0. The molecule has 0 aliphatic heterocycles. The number of phenols is 2. The van der Waals surface area contributed by atoms with Crippen LogP contribution in [0.1, 0.15) is 205 Å². The number of hydrogen-bond acceptors (Lipinski definition) is 8. The van der Waals surface area contributed by atoms with Crippen LogP contribution in [-0.4, -0.2) is 44.3 Å². The topological polar surface area (TPSA) is 186 Å². The van der Waals surface area contributed by atoms with Gasteiger partial charge in [0.15, 0.2) is 0 Å². The Morgan fingerprint density at radius 2 is 0.838 bits per heavy atom. The fourth-order valence-corrected chi connectivity index (χ4v) is 7.82. The molecule has 0 fully saturated rings. The summed E-state index contributed by atoms with van der Waals surface area (Å²) < 4.78 is 0. The zero-order valence-corrected chi connectivity index (χ0v) is 43.0. The van der Waals surface area contributed by atoms with Gasteiger partial charge >= 0.3 is 28.4 Å². The van der Waals surface area contributed by atoms with E-state index in [1.54, 1.807) is 13.8 Å². The fraction of sp³-hybridized carbons (Fsp3) is 0.509. The average molecular weight is 980 g/mol. The first-order valence-corrected chi connectivity index (χ1v) is 25.1. The van der Waals surface area contributed by atoms with Crippen LogP contribution in [0, 0.1) is 0 Å². The number of carboxylic acid groups (broad SMARTS) is 2. The van der Waals surface area contributed by atoms with Gasteiger partial charge in [0.1, 0.15) is 11.5 Å². The van der Waals surface area contributed by atoms with Gasteiger partial charge < -0.3 is 30.6 Å². The maximum atomic E-state index is 11.2. The van der Waals surface area contributed by atoms with E-state index in [1.807, 2.05) is 0 Å². The summed E-state index contributed by atoms with van der Waals surface area (Å²) in [6, 6.07) is 19.5. The summed E-state index contributed by atoms with van der Waals surface area (Å²) >= 11 is 0. The molecule has 0 atom stereocenters. The maximum absolute atomic E-state index is 11.2. The Bertz CT molecular complexity index is 2040. The molecule has 0 aliphatic rings. The van der Waals surface area contributed by atoms with Gasteiger partial charge in [-0.2, -0.15) is 0 Å². The minimum atomic E-state index is -1.29. The zero-order chi connectivity index (χ0) is 49.6. The third-order valence-electron chi connectivity index (χ3n) is 11.7. The number of hydrogen-bond donors (Lipinski definition) is 4. The molecule has 4 N–H and O–H groups in total. The Labute approximate surface area is 418 Å². The number of aliphatic imine (C=N–C) groups is 2. The second-order valence-corrected chi connectivity index (χ2v) is 17.4. The summed E-state index contributed by atoms with van der Waals surface area (Å²) in [5.41, 5.74) is 9.35. The van der Waals surface area contributed by atoms with Crippen LogP contribution in [-0.2, 0) is 55.0 Å². The number of nitrogens with zero attached hydrogens (tertiary/aromatic N) is 2. The van der Waals surface area contributed by atoms with Crippen molar-refractivity contribution in [1.29, 1.82) is 0 Å². The molecule has 0 spiro atoms. The second kappa shape index (κ2) is 35.0. The number of rotatable bonds is 27. The van der Waals surface area contributed by atoms with Crippen molar-refractivity contribution in [3.63, 3.8) is 0 Å². The van der Waals surface area contributed by atoms with Gasteiger partial charge in [-0.15, -0.1) is 0 Å². The SMILES string of the molecule is CCCCCC(C=Nc1cc(CCCCC)cc(CCCCC)c1)=Nc1cc(CCCCC)cc(CCCCC)c1.CCc1ccc(O)c([O-])c1C(=O)O.CCc1ccc(O)c([O-])c1C(=O)O.[Ni+2]. The molecule has 376 valence electrons. The van der Waals surface area contributed by atoms with Crippen LogP contribution in [0.4, 0.5) is 11.4 Å². The van der Waals surface area contributed by atoms with Gasteiger partial charge in [-0.3, -0.25) is 9.98 Å². The predicted molar refractivity (Wildman–Crippen MR) is 273 cm³/mol. The molecule has 0 saturated carbocycles. The first kappa shape index (κ1) is 60.9. The Balaban J connectivity index is 0.000000690. The molecule has 0 heterocycles. The quantitative estimate of drug-likeness (QED) is 0.0258. The summed E-state index contributed by atoms with van der Waals surface area (Å²) in [5, 5.41) is 57.7. The molecule has 0 bridgehead atoms. The molecule has 4 aromatic carbocycles. The first-order valence-electron chi connectivity index (χ1n) is 25.1. The number of carbonyl (C=O) groups is 2. The van der Waals surface area contributed by atoms with Crippen molar-refractivity contribution in [1.82, 2.24) is 0 Å². The van der Waals surface area contributed by atoms with E-state index < -0.39 is 34.9 Å². The van der Waals surface area contributed by atoms with Crippen LogP contribution >= 0.6 is 0 Å². The van der Waals surface area contributed by atoms with Crippen LogP contribution < -0.4 is 10.2 Å². The molecule has 68 heavy (non-hydrogen) atoms. The molecule has 0 unspecified atom stereocenters. The van der Waals surface area contributed by atoms with E-state index in [2.05, 4.69) is 77.2 Å². The van der Waals surface area contributed by atoms with Gasteiger partial charge in [0.05, 0.1) is 28.2 Å². The minimum absolute atomic E-state index is 0. The number of aryl methyl sites for hydroxylation is 6. The number of aromatic carboxylic acids is 2. The Morgan fingerprint density at radius 3 is 1.16 bits per heavy atom. The van der Waals surface area contributed by atoms with Crippen molar-refractivity contribution in [2.45, 2.75) is 190 Å². The molecular formula is C57H80N2NiO8. The third kappa shape index (κ3) is 22.3. The van der Waals surface area contributed by atoms with E-state index in [1.165, 1.54) is 143 Å². The van der Waals surface area contributed by atoms with Crippen molar-refractivity contribution in [2.24, 2.45) is 9.98 Å². The summed E-state index contributed by atoms with van der Waals surface area (Å²) in [5.74, 6) is -5.25. The van der Waals surface area contributed by atoms with Crippen molar-refractivity contribution in [3.05, 3.63) is 105 Å². The van der Waals surface area contributed by atoms with Gasteiger partial charge in [-0.1, -0.05) is 148 Å². The van der Waals surface area contributed by atoms with Crippen molar-refractivity contribution < 1.29 is 56.7 Å². The van der Waals surface area contributed by atoms with Crippen LogP contribution in [0.3, 0.4) is 0 Å². The van der Waals surface area contributed by atoms with Crippen LogP contribution in [0.15, 0.2) is 70.6 Å². The van der Waals surface area contributed by atoms with Gasteiger partial charge in [0.25, 0.3) is 0 Å². The number of phenolic OH excluding ortho intramolecular Hbond substituents is 2. The Kier molecular flexibility index (Phi) is 31.4. The van der Waals surface area contributed by atoms with Gasteiger partial charge in [-0.05, 0) is 147 Å². The van der Waals surface area contributed by atoms with E-state index in [0.29, 0.717) is 24.0 Å². The number of unbranched alkanes of at least 4 members (excludes halogenated alkanes) is 10. The van der Waals surface area contributed by atoms with Gasteiger partial charge in [-0.25, -0.2) is 9.59 Å². The van der Waals surface area contributed by atoms with Crippen molar-refractivity contribution >= 4 is 35.2 Å². The predicted octanol–water partition coefficient (Wildman–Crippen LogP) is 14.1. The molecule has 4 aromatic rings. The first-order chi connectivity index (χ1) is 32.3. The molecule has 0 saturated heterocycles.